The Labute approximate surface area is 232 Å². The first kappa shape index (κ1) is 29.9. The molecule has 208 valence electrons. The molecule has 2 amide bonds. The number of carbonyl (C=O) groups excluding carboxylic acids is 2. The summed E-state index contributed by atoms with van der Waals surface area (Å²) in [4.78, 5) is 28.7. The second-order valence-electron chi connectivity index (χ2n) is 9.79. The Morgan fingerprint density at radius 3 is 1.97 bits per heavy atom. The van der Waals surface area contributed by atoms with Gasteiger partial charge in [0.25, 0.3) is 10.0 Å². The van der Waals surface area contributed by atoms with Crippen molar-refractivity contribution in [1.82, 2.24) is 10.2 Å². The summed E-state index contributed by atoms with van der Waals surface area (Å²) in [5, 5.41) is 2.90. The fourth-order valence-corrected chi connectivity index (χ4v) is 5.77. The van der Waals surface area contributed by atoms with Gasteiger partial charge in [-0.05, 0) is 54.2 Å². The van der Waals surface area contributed by atoms with Crippen molar-refractivity contribution in [3.63, 3.8) is 0 Å². The molecular formula is C31H39N3O4S. The van der Waals surface area contributed by atoms with Crippen LogP contribution in [-0.4, -0.2) is 44.3 Å². The molecule has 3 aromatic carbocycles. The molecule has 0 aliphatic heterocycles. The molecule has 3 aromatic rings. The highest BCUT2D eigenvalue weighted by Crippen LogP contribution is 2.26. The van der Waals surface area contributed by atoms with Crippen LogP contribution in [0, 0.1) is 0 Å². The van der Waals surface area contributed by atoms with E-state index < -0.39 is 28.5 Å². The second-order valence-corrected chi connectivity index (χ2v) is 11.7. The lowest BCUT2D eigenvalue weighted by Crippen LogP contribution is -2.52. The first-order valence-corrected chi connectivity index (χ1v) is 14.9. The average Bonchev–Trinajstić information content (AvgIpc) is 2.95. The van der Waals surface area contributed by atoms with Gasteiger partial charge in [-0.2, -0.15) is 0 Å². The zero-order valence-electron chi connectivity index (χ0n) is 23.2. The van der Waals surface area contributed by atoms with Crippen LogP contribution in [0.3, 0.4) is 0 Å². The highest BCUT2D eigenvalue weighted by molar-refractivity contribution is 7.92. The zero-order valence-corrected chi connectivity index (χ0v) is 24.0. The maximum absolute atomic E-state index is 14.0. The van der Waals surface area contributed by atoms with Crippen LogP contribution in [0.15, 0.2) is 89.8 Å². The standard InChI is InChI=1S/C31H39N3O4S/c1-5-21-32-31(36)29(6-2)33(22-25-13-9-7-10-14-25)30(35)23-34(27-19-17-26(18-20-27)24(3)4)39(37,38)28-15-11-8-12-16-28/h7-20,24,29H,5-6,21-23H2,1-4H3,(H,32,36). The van der Waals surface area contributed by atoms with E-state index in [1.807, 2.05) is 56.3 Å². The summed E-state index contributed by atoms with van der Waals surface area (Å²) in [5.41, 5.74) is 2.30. The predicted octanol–water partition coefficient (Wildman–Crippen LogP) is 5.34. The van der Waals surface area contributed by atoms with E-state index in [0.717, 1.165) is 21.9 Å². The largest absolute Gasteiger partial charge is 0.354 e. The minimum Gasteiger partial charge on any atom is -0.354 e. The van der Waals surface area contributed by atoms with Gasteiger partial charge >= 0.3 is 0 Å². The summed E-state index contributed by atoms with van der Waals surface area (Å²) in [5.74, 6) is -0.430. The van der Waals surface area contributed by atoms with Gasteiger partial charge in [0.15, 0.2) is 0 Å². The van der Waals surface area contributed by atoms with Gasteiger partial charge < -0.3 is 10.2 Å². The third-order valence-electron chi connectivity index (χ3n) is 6.59. The van der Waals surface area contributed by atoms with Crippen molar-refractivity contribution in [2.45, 2.75) is 63.9 Å². The lowest BCUT2D eigenvalue weighted by Gasteiger charge is -2.33. The Morgan fingerprint density at radius 1 is 0.846 bits per heavy atom. The molecule has 0 bridgehead atoms. The lowest BCUT2D eigenvalue weighted by atomic mass is 10.0. The molecule has 0 aromatic heterocycles. The summed E-state index contributed by atoms with van der Waals surface area (Å²) in [7, 11) is -4.07. The fraction of sp³-hybridized carbons (Fsp3) is 0.355. The topological polar surface area (TPSA) is 86.8 Å². The molecule has 0 saturated carbocycles. The van der Waals surface area contributed by atoms with E-state index in [1.54, 1.807) is 30.3 Å². The van der Waals surface area contributed by atoms with Gasteiger partial charge in [0.2, 0.25) is 11.8 Å². The van der Waals surface area contributed by atoms with Gasteiger partial charge in [-0.3, -0.25) is 13.9 Å². The van der Waals surface area contributed by atoms with Crippen LogP contribution in [0.2, 0.25) is 0 Å². The monoisotopic (exact) mass is 549 g/mol. The molecule has 0 radical (unpaired) electrons. The highest BCUT2D eigenvalue weighted by Gasteiger charge is 2.33. The van der Waals surface area contributed by atoms with Crippen molar-refractivity contribution in [2.24, 2.45) is 0 Å². The Kier molecular flexibility index (Phi) is 10.7. The third-order valence-corrected chi connectivity index (χ3v) is 8.38. The summed E-state index contributed by atoms with van der Waals surface area (Å²) in [6.45, 7) is 8.18. The molecule has 1 atom stereocenters. The molecule has 0 saturated heterocycles. The van der Waals surface area contributed by atoms with Gasteiger partial charge in [-0.1, -0.05) is 88.4 Å². The third kappa shape index (κ3) is 7.69. The molecule has 0 aliphatic rings. The molecule has 1 N–H and O–H groups in total. The number of carbonyl (C=O) groups is 2. The summed E-state index contributed by atoms with van der Waals surface area (Å²) >= 11 is 0. The minimum atomic E-state index is -4.07. The number of amides is 2. The van der Waals surface area contributed by atoms with Gasteiger partial charge in [-0.25, -0.2) is 8.42 Å². The van der Waals surface area contributed by atoms with E-state index in [4.69, 9.17) is 0 Å². The van der Waals surface area contributed by atoms with Crippen LogP contribution in [0.5, 0.6) is 0 Å². The SMILES string of the molecule is CCCNC(=O)C(CC)N(Cc1ccccc1)C(=O)CN(c1ccc(C(C)C)cc1)S(=O)(=O)c1ccccc1. The molecule has 0 heterocycles. The normalized spacial score (nSPS) is 12.1. The molecule has 3 rings (SSSR count). The number of hydrogen-bond donors (Lipinski definition) is 1. The van der Waals surface area contributed by atoms with Crippen LogP contribution >= 0.6 is 0 Å². The Balaban J connectivity index is 2.03. The fourth-order valence-electron chi connectivity index (χ4n) is 4.34. The van der Waals surface area contributed by atoms with E-state index in [0.29, 0.717) is 18.7 Å². The minimum absolute atomic E-state index is 0.0908. The Hall–Kier alpha value is -3.65. The van der Waals surface area contributed by atoms with Crippen molar-refractivity contribution >= 4 is 27.5 Å². The van der Waals surface area contributed by atoms with Crippen LogP contribution in [0.25, 0.3) is 0 Å². The Bertz CT molecular complexity index is 1310. The van der Waals surface area contributed by atoms with E-state index in [-0.39, 0.29) is 23.3 Å². The second kappa shape index (κ2) is 13.9. The number of rotatable bonds is 13. The number of anilines is 1. The summed E-state index contributed by atoms with van der Waals surface area (Å²) < 4.78 is 28.9. The number of benzene rings is 3. The van der Waals surface area contributed by atoms with Crippen molar-refractivity contribution in [1.29, 1.82) is 0 Å². The summed E-state index contributed by atoms with van der Waals surface area (Å²) in [6, 6.07) is 24.0. The van der Waals surface area contributed by atoms with E-state index in [1.165, 1.54) is 17.0 Å². The smallest absolute Gasteiger partial charge is 0.264 e. The summed E-state index contributed by atoms with van der Waals surface area (Å²) in [6.07, 6.45) is 1.16. The zero-order chi connectivity index (χ0) is 28.4. The Morgan fingerprint density at radius 2 is 1.44 bits per heavy atom. The van der Waals surface area contributed by atoms with Crippen LogP contribution in [-0.2, 0) is 26.2 Å². The molecule has 0 spiro atoms. The molecule has 8 heteroatoms. The quantitative estimate of drug-likeness (QED) is 0.312. The van der Waals surface area contributed by atoms with Gasteiger partial charge in [0, 0.05) is 13.1 Å². The first-order chi connectivity index (χ1) is 18.7. The van der Waals surface area contributed by atoms with Crippen molar-refractivity contribution in [2.75, 3.05) is 17.4 Å². The number of nitrogens with zero attached hydrogens (tertiary/aromatic N) is 2. The maximum atomic E-state index is 14.0. The molecule has 7 nitrogen and oxygen atoms in total. The van der Waals surface area contributed by atoms with Gasteiger partial charge in [0.05, 0.1) is 10.6 Å². The molecule has 1 unspecified atom stereocenters. The van der Waals surface area contributed by atoms with Crippen molar-refractivity contribution < 1.29 is 18.0 Å². The van der Waals surface area contributed by atoms with Crippen molar-refractivity contribution in [3.05, 3.63) is 96.1 Å². The van der Waals surface area contributed by atoms with E-state index in [2.05, 4.69) is 19.2 Å². The van der Waals surface area contributed by atoms with Gasteiger partial charge in [0.1, 0.15) is 12.6 Å². The van der Waals surface area contributed by atoms with E-state index in [9.17, 15) is 18.0 Å². The molecule has 0 fully saturated rings. The van der Waals surface area contributed by atoms with Gasteiger partial charge in [-0.15, -0.1) is 0 Å². The van der Waals surface area contributed by atoms with E-state index >= 15 is 0 Å². The first-order valence-electron chi connectivity index (χ1n) is 13.5. The van der Waals surface area contributed by atoms with Crippen LogP contribution in [0.4, 0.5) is 5.69 Å². The number of sulfonamides is 1. The predicted molar refractivity (Wildman–Crippen MR) is 156 cm³/mol. The van der Waals surface area contributed by atoms with Crippen LogP contribution in [0.1, 0.15) is 57.6 Å². The maximum Gasteiger partial charge on any atom is 0.264 e. The number of nitrogens with one attached hydrogen (secondary N) is 1. The molecule has 39 heavy (non-hydrogen) atoms. The van der Waals surface area contributed by atoms with Crippen molar-refractivity contribution in [3.8, 4) is 0 Å². The lowest BCUT2D eigenvalue weighted by molar-refractivity contribution is -0.140. The molecule has 0 aliphatic carbocycles. The number of hydrogen-bond acceptors (Lipinski definition) is 4. The molecular weight excluding hydrogens is 510 g/mol. The average molecular weight is 550 g/mol. The highest BCUT2D eigenvalue weighted by atomic mass is 32.2. The van der Waals surface area contributed by atoms with Crippen LogP contribution < -0.4 is 9.62 Å².